The van der Waals surface area contributed by atoms with Gasteiger partial charge in [0.1, 0.15) is 0 Å². The molecule has 146 valence electrons. The van der Waals surface area contributed by atoms with Crippen molar-refractivity contribution >= 4 is 5.91 Å². The zero-order valence-electron chi connectivity index (χ0n) is 16.4. The summed E-state index contributed by atoms with van der Waals surface area (Å²) in [6, 6.07) is 0.391. The van der Waals surface area contributed by atoms with Gasteiger partial charge < -0.3 is 4.90 Å². The number of hydrogen-bond acceptors (Lipinski definition) is 3. The van der Waals surface area contributed by atoms with E-state index in [2.05, 4.69) is 24.6 Å². The van der Waals surface area contributed by atoms with Crippen LogP contribution < -0.4 is 0 Å². The molecule has 1 aromatic rings. The fourth-order valence-corrected chi connectivity index (χ4v) is 4.38. The van der Waals surface area contributed by atoms with Crippen LogP contribution in [0.15, 0.2) is 38.0 Å². The molecule has 27 heavy (non-hydrogen) atoms. The van der Waals surface area contributed by atoms with Crippen LogP contribution in [0.25, 0.3) is 0 Å². The first-order valence-electron chi connectivity index (χ1n) is 10.1. The van der Waals surface area contributed by atoms with Crippen molar-refractivity contribution in [2.24, 2.45) is 0 Å². The first-order chi connectivity index (χ1) is 13.2. The summed E-state index contributed by atoms with van der Waals surface area (Å²) in [5.74, 6) is 0.105. The maximum absolute atomic E-state index is 13.2. The van der Waals surface area contributed by atoms with Crippen LogP contribution in [-0.2, 0) is 19.4 Å². The number of nitrogens with zero attached hydrogens (tertiary/aromatic N) is 4. The number of carbonyl (C=O) groups is 1. The van der Waals surface area contributed by atoms with Gasteiger partial charge in [0, 0.05) is 43.5 Å². The number of hydrogen-bond donors (Lipinski definition) is 0. The molecule has 2 aliphatic rings. The number of fused-ring (bicyclic) bond motifs is 1. The summed E-state index contributed by atoms with van der Waals surface area (Å²) in [7, 11) is 0. The zero-order valence-corrected chi connectivity index (χ0v) is 16.4. The van der Waals surface area contributed by atoms with Crippen molar-refractivity contribution < 1.29 is 4.79 Å². The molecule has 5 nitrogen and oxygen atoms in total. The van der Waals surface area contributed by atoms with Gasteiger partial charge in [-0.25, -0.2) is 0 Å². The Kier molecular flexibility index (Phi) is 6.67. The van der Waals surface area contributed by atoms with Gasteiger partial charge in [-0.1, -0.05) is 18.2 Å². The van der Waals surface area contributed by atoms with Crippen LogP contribution in [0.1, 0.15) is 47.4 Å². The van der Waals surface area contributed by atoms with E-state index in [1.807, 2.05) is 27.8 Å². The third kappa shape index (κ3) is 4.24. The monoisotopic (exact) mass is 368 g/mol. The first kappa shape index (κ1) is 19.6. The van der Waals surface area contributed by atoms with Gasteiger partial charge in [0.2, 0.25) is 0 Å². The number of allylic oxidation sites excluding steroid dienone is 1. The highest BCUT2D eigenvalue weighted by Gasteiger charge is 2.32. The Bertz CT molecular complexity index is 689. The van der Waals surface area contributed by atoms with E-state index in [9.17, 15) is 4.79 Å². The summed E-state index contributed by atoms with van der Waals surface area (Å²) >= 11 is 0. The Morgan fingerprint density at radius 1 is 1.11 bits per heavy atom. The second-order valence-corrected chi connectivity index (χ2v) is 7.53. The molecule has 1 unspecified atom stereocenters. The smallest absolute Gasteiger partial charge is 0.274 e. The van der Waals surface area contributed by atoms with Crippen LogP contribution in [0.4, 0.5) is 0 Å². The van der Waals surface area contributed by atoms with Crippen LogP contribution in [0.2, 0.25) is 0 Å². The highest BCUT2D eigenvalue weighted by atomic mass is 16.2. The van der Waals surface area contributed by atoms with E-state index in [1.165, 1.54) is 12.1 Å². The molecule has 0 spiro atoms. The van der Waals surface area contributed by atoms with E-state index < -0.39 is 0 Å². The third-order valence-electron chi connectivity index (χ3n) is 5.71. The molecule has 5 heteroatoms. The molecule has 3 rings (SSSR count). The number of rotatable bonds is 8. The molecule has 1 saturated heterocycles. The Morgan fingerprint density at radius 2 is 1.81 bits per heavy atom. The average Bonchev–Trinajstić information content (AvgIpc) is 3.06. The molecule has 0 saturated carbocycles. The SMILES string of the molecule is C=CCN(CC=C)C1CCc2c(c(C(=O)N3CCCCC3)nn2CC=C)C1. The van der Waals surface area contributed by atoms with Gasteiger partial charge in [0.15, 0.2) is 5.69 Å². The Balaban J connectivity index is 1.89. The average molecular weight is 369 g/mol. The van der Waals surface area contributed by atoms with E-state index in [1.54, 1.807) is 0 Å². The Labute approximate surface area is 163 Å². The van der Waals surface area contributed by atoms with Crippen LogP contribution in [-0.4, -0.2) is 57.7 Å². The van der Waals surface area contributed by atoms with Crippen molar-refractivity contribution in [3.8, 4) is 0 Å². The summed E-state index contributed by atoms with van der Waals surface area (Å²) in [5.41, 5.74) is 3.01. The van der Waals surface area contributed by atoms with E-state index in [-0.39, 0.29) is 5.91 Å². The Hall–Kier alpha value is -2.14. The number of amides is 1. The lowest BCUT2D eigenvalue weighted by Gasteiger charge is -2.33. The Morgan fingerprint density at radius 3 is 2.44 bits per heavy atom. The van der Waals surface area contributed by atoms with E-state index in [0.29, 0.717) is 18.3 Å². The quantitative estimate of drug-likeness (QED) is 0.662. The normalized spacial score (nSPS) is 19.6. The molecule has 0 bridgehead atoms. The minimum absolute atomic E-state index is 0.105. The number of piperidine rings is 1. The van der Waals surface area contributed by atoms with Gasteiger partial charge in [-0.05, 0) is 38.5 Å². The van der Waals surface area contributed by atoms with E-state index >= 15 is 0 Å². The van der Waals surface area contributed by atoms with Gasteiger partial charge >= 0.3 is 0 Å². The zero-order chi connectivity index (χ0) is 19.2. The van der Waals surface area contributed by atoms with Gasteiger partial charge in [-0.15, -0.1) is 19.7 Å². The standard InChI is InChI=1S/C22H32N4O/c1-4-12-24(13-5-2)18-10-11-20-19(17-18)21(23-26(20)14-6-3)22(27)25-15-8-7-9-16-25/h4-6,18H,1-3,7-17H2. The van der Waals surface area contributed by atoms with Gasteiger partial charge in [0.05, 0.1) is 6.54 Å². The van der Waals surface area contributed by atoms with Crippen molar-refractivity contribution in [1.82, 2.24) is 19.6 Å². The largest absolute Gasteiger partial charge is 0.337 e. The second-order valence-electron chi connectivity index (χ2n) is 7.53. The van der Waals surface area contributed by atoms with Crippen LogP contribution in [0.3, 0.4) is 0 Å². The molecule has 2 heterocycles. The summed E-state index contributed by atoms with van der Waals surface area (Å²) in [5, 5.41) is 4.74. The van der Waals surface area contributed by atoms with Crippen molar-refractivity contribution in [2.75, 3.05) is 26.2 Å². The van der Waals surface area contributed by atoms with Crippen molar-refractivity contribution in [3.05, 3.63) is 54.9 Å². The van der Waals surface area contributed by atoms with Crippen LogP contribution in [0, 0.1) is 0 Å². The molecular formula is C22H32N4O. The molecule has 1 aromatic heterocycles. The molecular weight excluding hydrogens is 336 g/mol. The summed E-state index contributed by atoms with van der Waals surface area (Å²) in [6.45, 7) is 15.7. The fourth-order valence-electron chi connectivity index (χ4n) is 4.38. The molecule has 1 atom stereocenters. The van der Waals surface area contributed by atoms with Crippen LogP contribution in [0.5, 0.6) is 0 Å². The van der Waals surface area contributed by atoms with Gasteiger partial charge in [0.25, 0.3) is 5.91 Å². The summed E-state index contributed by atoms with van der Waals surface area (Å²) in [4.78, 5) is 17.6. The third-order valence-corrected chi connectivity index (χ3v) is 5.71. The lowest BCUT2D eigenvalue weighted by Crippen LogP contribution is -2.41. The molecule has 1 aliphatic heterocycles. The predicted molar refractivity (Wildman–Crippen MR) is 110 cm³/mol. The lowest BCUT2D eigenvalue weighted by atomic mass is 9.89. The summed E-state index contributed by atoms with van der Waals surface area (Å²) < 4.78 is 1.99. The van der Waals surface area contributed by atoms with Gasteiger partial charge in [-0.2, -0.15) is 5.10 Å². The topological polar surface area (TPSA) is 41.4 Å². The minimum atomic E-state index is 0.105. The van der Waals surface area contributed by atoms with Gasteiger partial charge in [-0.3, -0.25) is 14.4 Å². The highest BCUT2D eigenvalue weighted by molar-refractivity contribution is 5.94. The molecule has 0 radical (unpaired) electrons. The molecule has 0 N–H and O–H groups in total. The number of aromatic nitrogens is 2. The maximum atomic E-state index is 13.2. The minimum Gasteiger partial charge on any atom is -0.337 e. The number of carbonyl (C=O) groups excluding carboxylic acids is 1. The first-order valence-corrected chi connectivity index (χ1v) is 10.1. The van der Waals surface area contributed by atoms with Crippen molar-refractivity contribution in [3.63, 3.8) is 0 Å². The van der Waals surface area contributed by atoms with Crippen molar-refractivity contribution in [1.29, 1.82) is 0 Å². The molecule has 1 fully saturated rings. The molecule has 1 aliphatic carbocycles. The van der Waals surface area contributed by atoms with Crippen molar-refractivity contribution in [2.45, 2.75) is 51.1 Å². The molecule has 0 aromatic carbocycles. The summed E-state index contributed by atoms with van der Waals surface area (Å²) in [6.07, 6.45) is 12.0. The number of likely N-dealkylation sites (tertiary alicyclic amines) is 1. The molecule has 1 amide bonds. The highest BCUT2D eigenvalue weighted by Crippen LogP contribution is 2.29. The second kappa shape index (κ2) is 9.18. The lowest BCUT2D eigenvalue weighted by molar-refractivity contribution is 0.0715. The van der Waals surface area contributed by atoms with E-state index in [0.717, 1.165) is 63.8 Å². The van der Waals surface area contributed by atoms with Crippen LogP contribution >= 0.6 is 0 Å². The predicted octanol–water partition coefficient (Wildman–Crippen LogP) is 3.23. The fraction of sp³-hybridized carbons (Fsp3) is 0.545. The maximum Gasteiger partial charge on any atom is 0.274 e. The van der Waals surface area contributed by atoms with E-state index in [4.69, 9.17) is 5.10 Å².